The topological polar surface area (TPSA) is 183 Å². The molecule has 2 aromatic carbocycles. The number of benzene rings is 2. The predicted molar refractivity (Wildman–Crippen MR) is 223 cm³/mol. The van der Waals surface area contributed by atoms with Crippen LogP contribution in [-0.4, -0.2) is 129 Å². The van der Waals surface area contributed by atoms with Gasteiger partial charge in [0.25, 0.3) is 5.92 Å². The Labute approximate surface area is 363 Å². The van der Waals surface area contributed by atoms with Gasteiger partial charge < -0.3 is 34.9 Å². The molecule has 0 bridgehead atoms. The average Bonchev–Trinajstić information content (AvgIpc) is 3.89. The van der Waals surface area contributed by atoms with Gasteiger partial charge in [0.1, 0.15) is 36.0 Å². The minimum Gasteiger partial charge on any atom is -0.489 e. The van der Waals surface area contributed by atoms with Gasteiger partial charge in [-0.1, -0.05) is 41.9 Å². The molecule has 20 heteroatoms. The fourth-order valence-corrected chi connectivity index (χ4v) is 10.7. The third-order valence-corrected chi connectivity index (χ3v) is 14.6. The summed E-state index contributed by atoms with van der Waals surface area (Å²) in [7, 11) is -4.00. The highest BCUT2D eigenvalue weighted by Crippen LogP contribution is 2.45. The number of carbonyl (C=O) groups excluding carboxylic acids is 3. The number of rotatable bonds is 13. The van der Waals surface area contributed by atoms with Crippen LogP contribution >= 0.6 is 11.6 Å². The van der Waals surface area contributed by atoms with Gasteiger partial charge in [-0.25, -0.2) is 31.8 Å². The van der Waals surface area contributed by atoms with E-state index in [1.165, 1.54) is 39.5 Å². The number of hydrogen-bond donors (Lipinski definition) is 3. The zero-order chi connectivity index (χ0) is 43.6. The molecular formula is C42H50ClF2N7O9S. The highest BCUT2D eigenvalue weighted by Gasteiger charge is 2.47. The molecule has 8 rings (SSSR count). The van der Waals surface area contributed by atoms with Crippen LogP contribution in [0.3, 0.4) is 0 Å². The molecule has 3 atom stereocenters. The van der Waals surface area contributed by atoms with Crippen LogP contribution in [0, 0.1) is 5.92 Å². The van der Waals surface area contributed by atoms with Gasteiger partial charge in [0.05, 0.1) is 23.2 Å². The average molecular weight is 902 g/mol. The Hall–Kier alpha value is -4.82. The van der Waals surface area contributed by atoms with Crippen LogP contribution in [0.5, 0.6) is 5.75 Å². The van der Waals surface area contributed by atoms with Crippen LogP contribution in [0.25, 0.3) is 0 Å². The third kappa shape index (κ3) is 9.27. The molecule has 3 saturated heterocycles. The van der Waals surface area contributed by atoms with E-state index < -0.39 is 46.2 Å². The highest BCUT2D eigenvalue weighted by atomic mass is 35.5. The molecular weight excluding hydrogens is 852 g/mol. The van der Waals surface area contributed by atoms with Crippen LogP contribution in [0.15, 0.2) is 65.6 Å². The predicted octanol–water partition coefficient (Wildman–Crippen LogP) is 4.48. The number of amides is 3. The van der Waals surface area contributed by atoms with Crippen molar-refractivity contribution in [1.29, 1.82) is 0 Å². The molecule has 334 valence electrons. The van der Waals surface area contributed by atoms with Gasteiger partial charge >= 0.3 is 12.2 Å². The Morgan fingerprint density at radius 1 is 0.984 bits per heavy atom. The number of pyridine rings is 1. The van der Waals surface area contributed by atoms with Gasteiger partial charge in [-0.2, -0.15) is 4.31 Å². The summed E-state index contributed by atoms with van der Waals surface area (Å²) in [5, 5.41) is 15.3. The number of likely N-dealkylation sites (tertiary alicyclic amines) is 1. The fourth-order valence-electron chi connectivity index (χ4n) is 9.07. The Balaban J connectivity index is 0.813. The van der Waals surface area contributed by atoms with Crippen LogP contribution < -0.4 is 25.2 Å². The highest BCUT2D eigenvalue weighted by molar-refractivity contribution is 7.89. The van der Waals surface area contributed by atoms with Gasteiger partial charge in [-0.3, -0.25) is 14.6 Å². The van der Waals surface area contributed by atoms with Crippen LogP contribution in [0.1, 0.15) is 49.7 Å². The van der Waals surface area contributed by atoms with E-state index >= 15 is 8.78 Å². The van der Waals surface area contributed by atoms with E-state index in [9.17, 15) is 27.9 Å². The van der Waals surface area contributed by atoms with E-state index in [1.807, 2.05) is 35.2 Å². The van der Waals surface area contributed by atoms with E-state index in [1.54, 1.807) is 4.90 Å². The zero-order valence-corrected chi connectivity index (χ0v) is 35.5. The largest absolute Gasteiger partial charge is 0.489 e. The van der Waals surface area contributed by atoms with Crippen molar-refractivity contribution < 1.29 is 50.9 Å². The molecule has 1 aromatic heterocycles. The second-order valence-corrected chi connectivity index (χ2v) is 18.6. The molecule has 1 aliphatic carbocycles. The lowest BCUT2D eigenvalue weighted by atomic mass is 9.80. The lowest BCUT2D eigenvalue weighted by Crippen LogP contribution is -2.49. The monoisotopic (exact) mass is 901 g/mol. The number of nitrogens with one attached hydrogen (secondary N) is 2. The van der Waals surface area contributed by atoms with Crippen molar-refractivity contribution >= 4 is 51.2 Å². The number of nitrogens with zero attached hydrogens (tertiary/aromatic N) is 5. The van der Waals surface area contributed by atoms with Crippen molar-refractivity contribution in [3.8, 4) is 5.75 Å². The summed E-state index contributed by atoms with van der Waals surface area (Å²) in [5.74, 6) is -3.94. The fraction of sp³-hybridized carbons (Fsp3) is 0.524. The first-order chi connectivity index (χ1) is 29.8. The number of alkyl carbamates (subject to hydrolysis) is 1. The maximum atomic E-state index is 16.2. The van der Waals surface area contributed by atoms with Crippen molar-refractivity contribution in [3.63, 3.8) is 0 Å². The smallest absolute Gasteiger partial charge is 0.415 e. The molecule has 62 heavy (non-hydrogen) atoms. The number of halogens is 3. The van der Waals surface area contributed by atoms with E-state index in [0.717, 1.165) is 12.0 Å². The maximum absolute atomic E-state index is 16.2. The first kappa shape index (κ1) is 43.8. The number of carbonyl (C=O) groups is 3. The molecule has 0 unspecified atom stereocenters. The maximum Gasteiger partial charge on any atom is 0.415 e. The Morgan fingerprint density at radius 3 is 2.48 bits per heavy atom. The van der Waals surface area contributed by atoms with E-state index in [2.05, 4.69) is 15.6 Å². The number of hydrogen-bond acceptors (Lipinski definition) is 12. The third-order valence-electron chi connectivity index (χ3n) is 12.5. The Morgan fingerprint density at radius 2 is 1.74 bits per heavy atom. The number of cyclic esters (lactones) is 1. The minimum absolute atomic E-state index is 0.0253. The first-order valence-electron chi connectivity index (χ1n) is 21.0. The lowest BCUT2D eigenvalue weighted by molar-refractivity contribution is -0.127. The standard InChI is InChI=1S/C42H50ClF2N7O9S/c43-37-21-29(22-38(48-37)50-17-19-51(20-18-50)62(57,58)31-12-13-32-35(23-31)59-26-34-36(24-53)61-41(56)52(32)34)42(44,45)28-8-10-30(11-9-28)47-39(54)33-7-4-15-49(33)16-14-46-40(55)60-25-27-5-2-1-3-6-27/h1-3,5-6,12-13,21-23,28,30,33-34,36,53H,4,7-11,14-20,24-26H2,(H,46,55)(H,47,54)/t28?,30?,33-,34+,36-/m0/s1. The number of fused-ring (bicyclic) bond motifs is 3. The van der Waals surface area contributed by atoms with Gasteiger partial charge in [0.15, 0.2) is 6.10 Å². The number of aliphatic hydroxyl groups excluding tert-OH is 1. The quantitative estimate of drug-likeness (QED) is 0.205. The number of sulfonamides is 1. The number of anilines is 2. The number of aliphatic hydroxyl groups is 1. The van der Waals surface area contributed by atoms with Crippen LogP contribution in [0.4, 0.5) is 29.9 Å². The molecule has 3 amide bonds. The second-order valence-electron chi connectivity index (χ2n) is 16.3. The van der Waals surface area contributed by atoms with Crippen molar-refractivity contribution in [3.05, 3.63) is 76.9 Å². The van der Waals surface area contributed by atoms with Gasteiger partial charge in [0, 0.05) is 62.9 Å². The molecule has 1 saturated carbocycles. The van der Waals surface area contributed by atoms with Gasteiger partial charge in [-0.05, 0) is 74.9 Å². The normalized spacial score (nSPS) is 24.5. The lowest BCUT2D eigenvalue weighted by Gasteiger charge is -2.37. The van der Waals surface area contributed by atoms with E-state index in [4.69, 9.17) is 25.8 Å². The van der Waals surface area contributed by atoms with E-state index in [-0.39, 0.29) is 104 Å². The molecule has 5 aliphatic rings. The van der Waals surface area contributed by atoms with Crippen molar-refractivity contribution in [2.75, 3.05) is 68.8 Å². The summed E-state index contributed by atoms with van der Waals surface area (Å²) >= 11 is 6.34. The molecule has 5 heterocycles. The summed E-state index contributed by atoms with van der Waals surface area (Å²) in [6, 6.07) is 15.0. The molecule has 3 N–H and O–H groups in total. The number of ether oxygens (including phenoxy) is 3. The molecule has 0 radical (unpaired) electrons. The minimum atomic E-state index is -4.00. The summed E-state index contributed by atoms with van der Waals surface area (Å²) in [5.41, 5.74) is 0.962. The number of alkyl halides is 2. The van der Waals surface area contributed by atoms with Crippen LogP contribution in [0.2, 0.25) is 5.15 Å². The van der Waals surface area contributed by atoms with Crippen LogP contribution in [-0.2, 0) is 36.8 Å². The SMILES string of the molecule is O=C(NCCN1CCC[C@H]1C(=O)NC1CCC(C(F)(F)c2cc(Cl)nc(N3CCN(S(=O)(=O)c4ccc5c(c4)OC[C@@H]4[C@H](CO)OC(=O)N54)CC3)c2)CC1)OCc1ccccc1. The second kappa shape index (κ2) is 18.5. The number of piperazine rings is 1. The number of aromatic nitrogens is 1. The van der Waals surface area contributed by atoms with Crippen molar-refractivity contribution in [2.45, 2.75) is 80.2 Å². The summed E-state index contributed by atoms with van der Waals surface area (Å²) in [6.45, 7) is 1.76. The Kier molecular flexibility index (Phi) is 13.1. The zero-order valence-electron chi connectivity index (χ0n) is 34.0. The summed E-state index contributed by atoms with van der Waals surface area (Å²) in [4.78, 5) is 47.4. The van der Waals surface area contributed by atoms with E-state index in [0.29, 0.717) is 44.6 Å². The molecule has 0 spiro atoms. The van der Waals surface area contributed by atoms with Gasteiger partial charge in [0.2, 0.25) is 15.9 Å². The molecule has 4 aliphatic heterocycles. The van der Waals surface area contributed by atoms with Crippen molar-refractivity contribution in [2.24, 2.45) is 5.92 Å². The summed E-state index contributed by atoms with van der Waals surface area (Å²) in [6.07, 6.45) is 0.728. The van der Waals surface area contributed by atoms with Gasteiger partial charge in [-0.15, -0.1) is 0 Å². The Bertz CT molecular complexity index is 2230. The molecule has 16 nitrogen and oxygen atoms in total. The summed E-state index contributed by atoms with van der Waals surface area (Å²) < 4.78 is 77.5. The molecule has 3 aromatic rings. The molecule has 4 fully saturated rings. The van der Waals surface area contributed by atoms with Crippen molar-refractivity contribution in [1.82, 2.24) is 24.8 Å². The first-order valence-corrected chi connectivity index (χ1v) is 22.8.